The normalized spacial score (nSPS) is 14.6. The third-order valence-corrected chi connectivity index (χ3v) is 4.08. The van der Waals surface area contributed by atoms with Crippen LogP contribution in [0.25, 0.3) is 0 Å². The van der Waals surface area contributed by atoms with Crippen molar-refractivity contribution in [2.45, 2.75) is 12.4 Å². The first-order chi connectivity index (χ1) is 14.2. The van der Waals surface area contributed by atoms with Crippen LogP contribution in [0, 0.1) is 5.82 Å². The van der Waals surface area contributed by atoms with E-state index >= 15 is 0 Å². The van der Waals surface area contributed by atoms with Gasteiger partial charge in [0.25, 0.3) is 0 Å². The smallest absolute Gasteiger partial charge is 0.403 e. The number of hydrogen-bond acceptors (Lipinski definition) is 5. The number of rotatable bonds is 5. The molecule has 0 bridgehead atoms. The molecular weight excluding hydrogens is 412 g/mol. The highest BCUT2D eigenvalue weighted by molar-refractivity contribution is 6.08. The maximum absolute atomic E-state index is 14.1. The number of benzene rings is 1. The Morgan fingerprint density at radius 3 is 2.80 bits per heavy atom. The van der Waals surface area contributed by atoms with Crippen LogP contribution in [0.5, 0.6) is 5.75 Å². The molecule has 1 aliphatic rings. The largest absolute Gasteiger partial charge is 0.573 e. The molecule has 0 unspecified atom stereocenters. The molecule has 0 spiro atoms. The van der Waals surface area contributed by atoms with Crippen molar-refractivity contribution in [2.75, 3.05) is 30.5 Å². The summed E-state index contributed by atoms with van der Waals surface area (Å²) in [6.45, 7) is -0.415. The average Bonchev–Trinajstić information content (AvgIpc) is 2.67. The van der Waals surface area contributed by atoms with Crippen LogP contribution in [0.15, 0.2) is 36.5 Å². The third-order valence-electron chi connectivity index (χ3n) is 4.08. The Hall–Kier alpha value is -3.41. The van der Waals surface area contributed by atoms with E-state index in [1.54, 1.807) is 12.1 Å². The molecule has 1 aromatic heterocycles. The first-order valence-electron chi connectivity index (χ1n) is 8.55. The molecule has 0 aliphatic carbocycles. The molecule has 8 nitrogen and oxygen atoms in total. The summed E-state index contributed by atoms with van der Waals surface area (Å²) in [6.07, 6.45) is -3.60. The van der Waals surface area contributed by atoms with Crippen molar-refractivity contribution >= 4 is 23.4 Å². The number of aromatic nitrogens is 1. The summed E-state index contributed by atoms with van der Waals surface area (Å²) in [5.74, 6) is -2.48. The molecule has 1 aliphatic heterocycles. The number of carbonyl (C=O) groups excluding carboxylic acids is 2. The molecule has 0 radical (unpaired) electrons. The quantitative estimate of drug-likeness (QED) is 0.715. The van der Waals surface area contributed by atoms with E-state index in [9.17, 15) is 27.2 Å². The van der Waals surface area contributed by atoms with Gasteiger partial charge in [0.05, 0.1) is 18.3 Å². The molecule has 3 rings (SSSR count). The highest BCUT2D eigenvalue weighted by atomic mass is 19.4. The van der Waals surface area contributed by atoms with E-state index in [-0.39, 0.29) is 24.5 Å². The number of urea groups is 1. The number of amides is 3. The molecular formula is C18H16F4N4O4. The predicted octanol–water partition coefficient (Wildman–Crippen LogP) is 2.98. The zero-order valence-corrected chi connectivity index (χ0v) is 15.5. The van der Waals surface area contributed by atoms with Crippen molar-refractivity contribution in [2.24, 2.45) is 0 Å². The van der Waals surface area contributed by atoms with Gasteiger partial charge in [0, 0.05) is 13.3 Å². The van der Waals surface area contributed by atoms with Crippen LogP contribution in [-0.4, -0.2) is 43.5 Å². The fraction of sp³-hybridized carbons (Fsp3) is 0.278. The summed E-state index contributed by atoms with van der Waals surface area (Å²) in [6, 6.07) is 4.29. The number of ether oxygens (including phenoxy) is 2. The van der Waals surface area contributed by atoms with Crippen LogP contribution in [0.4, 0.5) is 33.9 Å². The molecule has 1 aromatic carbocycles. The Bertz CT molecular complexity index is 954. The highest BCUT2D eigenvalue weighted by Crippen LogP contribution is 2.29. The number of methoxy groups -OCH3 is 1. The van der Waals surface area contributed by atoms with Crippen molar-refractivity contribution in [1.29, 1.82) is 0 Å². The number of alkyl halides is 3. The van der Waals surface area contributed by atoms with Gasteiger partial charge >= 0.3 is 12.4 Å². The lowest BCUT2D eigenvalue weighted by Crippen LogP contribution is -2.49. The second-order valence-electron chi connectivity index (χ2n) is 6.20. The zero-order valence-electron chi connectivity index (χ0n) is 15.5. The Labute approximate surface area is 167 Å². The minimum Gasteiger partial charge on any atom is -0.403 e. The summed E-state index contributed by atoms with van der Waals surface area (Å²) < 4.78 is 59.7. The molecule has 30 heavy (non-hydrogen) atoms. The van der Waals surface area contributed by atoms with Crippen LogP contribution >= 0.6 is 0 Å². The first-order valence-corrected chi connectivity index (χ1v) is 8.55. The van der Waals surface area contributed by atoms with Crippen LogP contribution in [0.1, 0.15) is 11.6 Å². The Morgan fingerprint density at radius 2 is 2.13 bits per heavy atom. The SMILES string of the molecule is COC[C@@H](NC(=O)N1CC(=O)Nc2cccnc21)c1ccc(OC(F)(F)F)c(F)c1. The van der Waals surface area contributed by atoms with E-state index in [0.717, 1.165) is 17.0 Å². The summed E-state index contributed by atoms with van der Waals surface area (Å²) in [4.78, 5) is 29.8. The number of halogens is 4. The highest BCUT2D eigenvalue weighted by Gasteiger charge is 2.33. The Kier molecular flexibility index (Phi) is 6.06. The second kappa shape index (κ2) is 8.53. The molecule has 0 fully saturated rings. The number of pyridine rings is 1. The fourth-order valence-corrected chi connectivity index (χ4v) is 2.84. The number of hydrogen-bond donors (Lipinski definition) is 2. The number of carbonyl (C=O) groups is 2. The van der Waals surface area contributed by atoms with Crippen molar-refractivity contribution in [3.63, 3.8) is 0 Å². The molecule has 3 amide bonds. The summed E-state index contributed by atoms with van der Waals surface area (Å²) in [7, 11) is 1.34. The van der Waals surface area contributed by atoms with Crippen LogP contribution in [0.3, 0.4) is 0 Å². The van der Waals surface area contributed by atoms with Gasteiger partial charge in [0.15, 0.2) is 17.4 Å². The molecule has 0 saturated heterocycles. The van der Waals surface area contributed by atoms with E-state index < -0.39 is 35.9 Å². The van der Waals surface area contributed by atoms with Gasteiger partial charge in [-0.15, -0.1) is 13.2 Å². The molecule has 1 atom stereocenters. The van der Waals surface area contributed by atoms with E-state index in [2.05, 4.69) is 20.4 Å². The lowest BCUT2D eigenvalue weighted by Gasteiger charge is -2.29. The summed E-state index contributed by atoms with van der Waals surface area (Å²) >= 11 is 0. The van der Waals surface area contributed by atoms with Crippen molar-refractivity contribution in [1.82, 2.24) is 10.3 Å². The van der Waals surface area contributed by atoms with Crippen LogP contribution in [0.2, 0.25) is 0 Å². The lowest BCUT2D eigenvalue weighted by atomic mass is 10.1. The van der Waals surface area contributed by atoms with E-state index in [1.165, 1.54) is 19.4 Å². The van der Waals surface area contributed by atoms with Gasteiger partial charge in [0.1, 0.15) is 6.54 Å². The predicted molar refractivity (Wildman–Crippen MR) is 96.4 cm³/mol. The Balaban J connectivity index is 1.82. The fourth-order valence-electron chi connectivity index (χ4n) is 2.84. The number of fused-ring (bicyclic) bond motifs is 1. The average molecular weight is 428 g/mol. The number of nitrogens with one attached hydrogen (secondary N) is 2. The van der Waals surface area contributed by atoms with E-state index in [4.69, 9.17) is 4.74 Å². The van der Waals surface area contributed by atoms with E-state index in [1.807, 2.05) is 0 Å². The molecule has 2 heterocycles. The van der Waals surface area contributed by atoms with Crippen molar-refractivity contribution in [3.8, 4) is 5.75 Å². The van der Waals surface area contributed by atoms with Gasteiger partial charge in [0.2, 0.25) is 5.91 Å². The first kappa shape index (κ1) is 21.3. The van der Waals surface area contributed by atoms with Crippen molar-refractivity contribution < 1.29 is 36.6 Å². The molecule has 2 N–H and O–H groups in total. The lowest BCUT2D eigenvalue weighted by molar-refractivity contribution is -0.275. The summed E-state index contributed by atoms with van der Waals surface area (Å²) in [5, 5.41) is 5.16. The second-order valence-corrected chi connectivity index (χ2v) is 6.20. The number of anilines is 2. The van der Waals surface area contributed by atoms with Crippen LogP contribution in [-0.2, 0) is 9.53 Å². The summed E-state index contributed by atoms with van der Waals surface area (Å²) in [5.41, 5.74) is 0.479. The topological polar surface area (TPSA) is 92.8 Å². The molecule has 160 valence electrons. The maximum atomic E-state index is 14.1. The van der Waals surface area contributed by atoms with Gasteiger partial charge < -0.3 is 20.1 Å². The monoisotopic (exact) mass is 428 g/mol. The van der Waals surface area contributed by atoms with Gasteiger partial charge in [-0.25, -0.2) is 14.2 Å². The minimum absolute atomic E-state index is 0.111. The number of nitrogens with zero attached hydrogens (tertiary/aromatic N) is 2. The molecule has 0 saturated carbocycles. The molecule has 12 heteroatoms. The standard InChI is InChI=1S/C18H16F4N4O4/c1-29-9-13(10-4-5-14(11(19)7-10)30-18(20,21)22)25-17(28)26-8-15(27)24-12-3-2-6-23-16(12)26/h2-7,13H,8-9H2,1H3,(H,24,27)(H,25,28)/t13-/m1/s1. The van der Waals surface area contributed by atoms with Crippen LogP contribution < -0.4 is 20.3 Å². The van der Waals surface area contributed by atoms with E-state index in [0.29, 0.717) is 5.69 Å². The third kappa shape index (κ3) is 4.95. The van der Waals surface area contributed by atoms with Crippen molar-refractivity contribution in [3.05, 3.63) is 47.9 Å². The van der Waals surface area contributed by atoms with Gasteiger partial charge in [-0.2, -0.15) is 0 Å². The molecule has 2 aromatic rings. The zero-order chi connectivity index (χ0) is 21.9. The minimum atomic E-state index is -5.04. The van der Waals surface area contributed by atoms with Gasteiger partial charge in [-0.05, 0) is 29.8 Å². The maximum Gasteiger partial charge on any atom is 0.573 e. The Morgan fingerprint density at radius 1 is 1.37 bits per heavy atom. The van der Waals surface area contributed by atoms with Gasteiger partial charge in [-0.3, -0.25) is 9.69 Å². The van der Waals surface area contributed by atoms with Gasteiger partial charge in [-0.1, -0.05) is 6.07 Å².